The van der Waals surface area contributed by atoms with E-state index in [1.165, 1.54) is 18.2 Å². The number of phenols is 2. The number of anilines is 1. The highest BCUT2D eigenvalue weighted by atomic mass is 16.3. The number of hydrazone groups is 1. The number of nitrogens with one attached hydrogen (secondary N) is 1. The number of aromatic hydroxyl groups is 2. The van der Waals surface area contributed by atoms with Gasteiger partial charge in [0.15, 0.2) is 0 Å². The molecule has 1 saturated heterocycles. The van der Waals surface area contributed by atoms with E-state index in [-0.39, 0.29) is 17.4 Å². The minimum Gasteiger partial charge on any atom is -0.508 e. The maximum Gasteiger partial charge on any atom is 0.271 e. The van der Waals surface area contributed by atoms with Gasteiger partial charge in [-0.3, -0.25) is 9.59 Å². The lowest BCUT2D eigenvalue weighted by Gasteiger charge is -2.15. The van der Waals surface area contributed by atoms with Crippen molar-refractivity contribution in [1.82, 2.24) is 5.43 Å². The number of carbonyl (C=O) groups is 2. The van der Waals surface area contributed by atoms with Crippen LogP contribution in [-0.4, -0.2) is 34.3 Å². The van der Waals surface area contributed by atoms with Gasteiger partial charge in [0.2, 0.25) is 5.91 Å². The number of nitrogens with zero attached hydrogens (tertiary/aromatic N) is 2. The first kappa shape index (κ1) is 17.5. The molecule has 0 spiro atoms. The number of rotatable bonds is 4. The lowest BCUT2D eigenvalue weighted by molar-refractivity contribution is -0.117. The Morgan fingerprint density at radius 1 is 1.15 bits per heavy atom. The van der Waals surface area contributed by atoms with Gasteiger partial charge in [0, 0.05) is 35.8 Å². The van der Waals surface area contributed by atoms with Crippen molar-refractivity contribution in [1.29, 1.82) is 0 Å². The van der Waals surface area contributed by atoms with Crippen molar-refractivity contribution >= 4 is 23.2 Å². The van der Waals surface area contributed by atoms with Crippen molar-refractivity contribution < 1.29 is 19.8 Å². The van der Waals surface area contributed by atoms with E-state index in [2.05, 4.69) is 10.5 Å². The molecule has 0 radical (unpaired) electrons. The molecular formula is C19H19N3O4. The van der Waals surface area contributed by atoms with E-state index in [4.69, 9.17) is 0 Å². The second-order valence-corrected chi connectivity index (χ2v) is 6.04. The summed E-state index contributed by atoms with van der Waals surface area (Å²) >= 11 is 0. The first-order valence-electron chi connectivity index (χ1n) is 8.23. The van der Waals surface area contributed by atoms with Crippen LogP contribution in [0.2, 0.25) is 0 Å². The van der Waals surface area contributed by atoms with E-state index in [1.54, 1.807) is 36.1 Å². The molecule has 0 atom stereocenters. The molecule has 0 aliphatic carbocycles. The van der Waals surface area contributed by atoms with E-state index in [0.717, 1.165) is 12.1 Å². The fourth-order valence-electron chi connectivity index (χ4n) is 2.80. The Labute approximate surface area is 150 Å². The fraction of sp³-hybridized carbons (Fsp3) is 0.211. The molecule has 0 aromatic heterocycles. The molecule has 2 aromatic carbocycles. The summed E-state index contributed by atoms with van der Waals surface area (Å²) in [6.07, 6.45) is 1.40. The molecule has 134 valence electrons. The number of carbonyl (C=O) groups excluding carboxylic acids is 2. The van der Waals surface area contributed by atoms with Crippen LogP contribution in [0, 0.1) is 0 Å². The number of benzene rings is 2. The standard InChI is InChI=1S/C19H19N3O4/c1-12(16-9-8-15(23)11-17(16)24)20-21-19(26)13-4-6-14(7-5-13)22-10-2-3-18(22)25/h4-9,11,23-24H,2-3,10H2,1H3,(H,21,26)/b20-12-. The van der Waals surface area contributed by atoms with E-state index in [0.29, 0.717) is 29.8 Å². The third-order valence-electron chi connectivity index (χ3n) is 4.21. The summed E-state index contributed by atoms with van der Waals surface area (Å²) in [4.78, 5) is 25.7. The molecule has 0 saturated carbocycles. The van der Waals surface area contributed by atoms with Gasteiger partial charge in [0.25, 0.3) is 5.91 Å². The second-order valence-electron chi connectivity index (χ2n) is 6.04. The monoisotopic (exact) mass is 353 g/mol. The second kappa shape index (κ2) is 7.26. The number of hydrogen-bond donors (Lipinski definition) is 3. The van der Waals surface area contributed by atoms with Gasteiger partial charge < -0.3 is 15.1 Å². The van der Waals surface area contributed by atoms with Crippen LogP contribution in [0.1, 0.15) is 35.7 Å². The molecule has 1 heterocycles. The Hall–Kier alpha value is -3.35. The minimum absolute atomic E-state index is 0.0559. The maximum absolute atomic E-state index is 12.2. The fourth-order valence-corrected chi connectivity index (χ4v) is 2.80. The van der Waals surface area contributed by atoms with E-state index < -0.39 is 5.91 Å². The van der Waals surface area contributed by atoms with Crippen LogP contribution in [0.4, 0.5) is 5.69 Å². The quantitative estimate of drug-likeness (QED) is 0.580. The van der Waals surface area contributed by atoms with E-state index in [9.17, 15) is 19.8 Å². The molecule has 1 aliphatic rings. The summed E-state index contributed by atoms with van der Waals surface area (Å²) in [6.45, 7) is 2.33. The third kappa shape index (κ3) is 3.66. The molecule has 1 fully saturated rings. The highest BCUT2D eigenvalue weighted by Crippen LogP contribution is 2.23. The number of hydrogen-bond acceptors (Lipinski definition) is 5. The first-order valence-corrected chi connectivity index (χ1v) is 8.23. The summed E-state index contributed by atoms with van der Waals surface area (Å²) in [5, 5.41) is 23.1. The van der Waals surface area contributed by atoms with E-state index >= 15 is 0 Å². The molecule has 0 bridgehead atoms. The molecule has 2 amide bonds. The molecule has 2 aromatic rings. The van der Waals surface area contributed by atoms with Gasteiger partial charge >= 0.3 is 0 Å². The van der Waals surface area contributed by atoms with Crippen LogP contribution in [0.25, 0.3) is 0 Å². The zero-order valence-corrected chi connectivity index (χ0v) is 14.3. The van der Waals surface area contributed by atoms with Crippen LogP contribution in [0.15, 0.2) is 47.6 Å². The van der Waals surface area contributed by atoms with Gasteiger partial charge in [-0.15, -0.1) is 0 Å². The van der Waals surface area contributed by atoms with Crippen molar-refractivity contribution in [3.05, 3.63) is 53.6 Å². The summed E-state index contributed by atoms with van der Waals surface area (Å²) in [7, 11) is 0. The van der Waals surface area contributed by atoms with Crippen molar-refractivity contribution in [2.75, 3.05) is 11.4 Å². The average Bonchev–Trinajstić information content (AvgIpc) is 3.05. The van der Waals surface area contributed by atoms with Crippen molar-refractivity contribution in [3.8, 4) is 11.5 Å². The Kier molecular flexibility index (Phi) is 4.88. The molecule has 7 nitrogen and oxygen atoms in total. The molecule has 1 aliphatic heterocycles. The van der Waals surface area contributed by atoms with Crippen molar-refractivity contribution in [2.45, 2.75) is 19.8 Å². The van der Waals surface area contributed by atoms with Gasteiger partial charge in [-0.1, -0.05) is 0 Å². The summed E-state index contributed by atoms with van der Waals surface area (Å²) in [5.74, 6) is -0.488. The van der Waals surface area contributed by atoms with Crippen LogP contribution < -0.4 is 10.3 Å². The van der Waals surface area contributed by atoms with Gasteiger partial charge in [-0.05, 0) is 49.7 Å². The minimum atomic E-state index is -0.401. The van der Waals surface area contributed by atoms with Crippen LogP contribution in [-0.2, 0) is 4.79 Å². The Morgan fingerprint density at radius 2 is 1.88 bits per heavy atom. The zero-order valence-electron chi connectivity index (χ0n) is 14.3. The van der Waals surface area contributed by atoms with Crippen LogP contribution in [0.3, 0.4) is 0 Å². The molecular weight excluding hydrogens is 334 g/mol. The molecule has 26 heavy (non-hydrogen) atoms. The molecule has 0 unspecified atom stereocenters. The molecule has 3 N–H and O–H groups in total. The van der Waals surface area contributed by atoms with Crippen molar-refractivity contribution in [3.63, 3.8) is 0 Å². The molecule has 7 heteroatoms. The van der Waals surface area contributed by atoms with Crippen LogP contribution in [0.5, 0.6) is 11.5 Å². The smallest absolute Gasteiger partial charge is 0.271 e. The van der Waals surface area contributed by atoms with Gasteiger partial charge in [-0.25, -0.2) is 5.43 Å². The average molecular weight is 353 g/mol. The molecule has 3 rings (SSSR count). The van der Waals surface area contributed by atoms with Gasteiger partial charge in [0.05, 0.1) is 5.71 Å². The first-order chi connectivity index (χ1) is 12.5. The SMILES string of the molecule is C/C(=N/NC(=O)c1ccc(N2CCCC2=O)cc1)c1ccc(O)cc1O. The van der Waals surface area contributed by atoms with Gasteiger partial charge in [0.1, 0.15) is 11.5 Å². The predicted octanol–water partition coefficient (Wildman–Crippen LogP) is 2.38. The lowest BCUT2D eigenvalue weighted by atomic mass is 10.1. The maximum atomic E-state index is 12.2. The van der Waals surface area contributed by atoms with Gasteiger partial charge in [-0.2, -0.15) is 5.10 Å². The predicted molar refractivity (Wildman–Crippen MR) is 97.5 cm³/mol. The number of phenolic OH excluding ortho intramolecular Hbond substituents is 2. The van der Waals surface area contributed by atoms with Crippen LogP contribution >= 0.6 is 0 Å². The lowest BCUT2D eigenvalue weighted by Crippen LogP contribution is -2.24. The Morgan fingerprint density at radius 3 is 2.50 bits per heavy atom. The Bertz CT molecular complexity index is 875. The largest absolute Gasteiger partial charge is 0.508 e. The van der Waals surface area contributed by atoms with Crippen molar-refractivity contribution in [2.24, 2.45) is 5.10 Å². The highest BCUT2D eigenvalue weighted by molar-refractivity contribution is 6.03. The highest BCUT2D eigenvalue weighted by Gasteiger charge is 2.21. The Balaban J connectivity index is 1.68. The summed E-state index contributed by atoms with van der Waals surface area (Å²) < 4.78 is 0. The number of amides is 2. The third-order valence-corrected chi connectivity index (χ3v) is 4.21. The summed E-state index contributed by atoms with van der Waals surface area (Å²) in [6, 6.07) is 10.9. The normalized spacial score (nSPS) is 14.6. The zero-order chi connectivity index (χ0) is 18.7. The van der Waals surface area contributed by atoms with E-state index in [1.807, 2.05) is 0 Å². The topological polar surface area (TPSA) is 102 Å². The summed E-state index contributed by atoms with van der Waals surface area (Å²) in [5.41, 5.74) is 4.42.